The Morgan fingerprint density at radius 2 is 1.95 bits per heavy atom. The molecule has 1 unspecified atom stereocenters. The Morgan fingerprint density at radius 3 is 2.53 bits per heavy atom. The van der Waals surface area contributed by atoms with E-state index in [1.165, 1.54) is 26.4 Å². The lowest BCUT2D eigenvalue weighted by Crippen LogP contribution is -2.22. The standard InChI is InChI=1S/C17H23NS/c1-5-9-18-17(15-8-6-7-12(2)10-15)16-11-13(3)14(4)19-16/h6-8,10-11,17-18H,5,9H2,1-4H3. The van der Waals surface area contributed by atoms with Crippen molar-refractivity contribution in [2.24, 2.45) is 0 Å². The first-order chi connectivity index (χ1) is 9.11. The summed E-state index contributed by atoms with van der Waals surface area (Å²) >= 11 is 1.91. The number of hydrogen-bond donors (Lipinski definition) is 1. The highest BCUT2D eigenvalue weighted by Gasteiger charge is 2.16. The SMILES string of the molecule is CCCNC(c1cccc(C)c1)c1cc(C)c(C)s1. The molecule has 0 aliphatic rings. The lowest BCUT2D eigenvalue weighted by Gasteiger charge is -2.18. The lowest BCUT2D eigenvalue weighted by molar-refractivity contribution is 0.605. The first-order valence-electron chi connectivity index (χ1n) is 6.98. The smallest absolute Gasteiger partial charge is 0.0671 e. The fourth-order valence-corrected chi connectivity index (χ4v) is 3.41. The monoisotopic (exact) mass is 273 g/mol. The van der Waals surface area contributed by atoms with Gasteiger partial charge in [-0.3, -0.25) is 0 Å². The van der Waals surface area contributed by atoms with E-state index >= 15 is 0 Å². The molecular weight excluding hydrogens is 250 g/mol. The van der Waals surface area contributed by atoms with Crippen molar-refractivity contribution in [1.82, 2.24) is 5.32 Å². The van der Waals surface area contributed by atoms with Gasteiger partial charge in [0.1, 0.15) is 0 Å². The summed E-state index contributed by atoms with van der Waals surface area (Å²) in [4.78, 5) is 2.85. The highest BCUT2D eigenvalue weighted by atomic mass is 32.1. The van der Waals surface area contributed by atoms with E-state index in [0.717, 1.165) is 13.0 Å². The van der Waals surface area contributed by atoms with Gasteiger partial charge in [-0.25, -0.2) is 0 Å². The van der Waals surface area contributed by atoms with Crippen LogP contribution in [0.4, 0.5) is 0 Å². The molecule has 102 valence electrons. The highest BCUT2D eigenvalue weighted by molar-refractivity contribution is 7.12. The molecule has 1 aromatic carbocycles. The van der Waals surface area contributed by atoms with Crippen LogP contribution in [-0.2, 0) is 0 Å². The average molecular weight is 273 g/mol. The van der Waals surface area contributed by atoms with Crippen molar-refractivity contribution in [2.75, 3.05) is 6.54 Å². The molecule has 0 amide bonds. The van der Waals surface area contributed by atoms with E-state index in [9.17, 15) is 0 Å². The maximum absolute atomic E-state index is 3.68. The zero-order valence-corrected chi connectivity index (χ0v) is 13.1. The Morgan fingerprint density at radius 1 is 1.16 bits per heavy atom. The van der Waals surface area contributed by atoms with Crippen molar-refractivity contribution in [1.29, 1.82) is 0 Å². The van der Waals surface area contributed by atoms with Gasteiger partial charge in [0.05, 0.1) is 6.04 Å². The van der Waals surface area contributed by atoms with Crippen molar-refractivity contribution in [3.05, 3.63) is 56.8 Å². The summed E-state index contributed by atoms with van der Waals surface area (Å²) in [5, 5.41) is 3.68. The second-order valence-electron chi connectivity index (χ2n) is 5.19. The molecule has 1 nitrogen and oxygen atoms in total. The molecule has 0 saturated carbocycles. The van der Waals surface area contributed by atoms with Crippen LogP contribution in [0.3, 0.4) is 0 Å². The molecule has 0 saturated heterocycles. The van der Waals surface area contributed by atoms with Gasteiger partial charge in [-0.15, -0.1) is 11.3 Å². The molecule has 0 aliphatic carbocycles. The minimum absolute atomic E-state index is 0.331. The van der Waals surface area contributed by atoms with E-state index in [2.05, 4.69) is 63.3 Å². The summed E-state index contributed by atoms with van der Waals surface area (Å²) in [6.45, 7) is 9.82. The van der Waals surface area contributed by atoms with E-state index in [1.54, 1.807) is 0 Å². The van der Waals surface area contributed by atoms with Crippen LogP contribution >= 0.6 is 11.3 Å². The van der Waals surface area contributed by atoms with Gasteiger partial charge < -0.3 is 5.32 Å². The van der Waals surface area contributed by atoms with E-state index < -0.39 is 0 Å². The zero-order valence-electron chi connectivity index (χ0n) is 12.3. The van der Waals surface area contributed by atoms with Crippen LogP contribution < -0.4 is 5.32 Å². The fourth-order valence-electron chi connectivity index (χ4n) is 2.27. The third-order valence-electron chi connectivity index (χ3n) is 3.44. The Bertz CT molecular complexity index is 522. The molecule has 2 heteroatoms. The highest BCUT2D eigenvalue weighted by Crippen LogP contribution is 2.31. The number of nitrogens with one attached hydrogen (secondary N) is 1. The summed E-state index contributed by atoms with van der Waals surface area (Å²) < 4.78 is 0. The average Bonchev–Trinajstić information content (AvgIpc) is 2.70. The molecule has 19 heavy (non-hydrogen) atoms. The second kappa shape index (κ2) is 6.36. The predicted octanol–water partition coefficient (Wildman–Crippen LogP) is 4.76. The summed E-state index contributed by atoms with van der Waals surface area (Å²) in [5.74, 6) is 0. The molecule has 1 N–H and O–H groups in total. The van der Waals surface area contributed by atoms with Crippen LogP contribution in [-0.4, -0.2) is 6.54 Å². The second-order valence-corrected chi connectivity index (χ2v) is 6.48. The van der Waals surface area contributed by atoms with E-state index in [0.29, 0.717) is 6.04 Å². The fraction of sp³-hybridized carbons (Fsp3) is 0.412. The van der Waals surface area contributed by atoms with Crippen molar-refractivity contribution < 1.29 is 0 Å². The molecule has 0 spiro atoms. The minimum atomic E-state index is 0.331. The van der Waals surface area contributed by atoms with Crippen LogP contribution in [0.25, 0.3) is 0 Å². The summed E-state index contributed by atoms with van der Waals surface area (Å²) in [6, 6.07) is 11.5. The molecule has 1 aromatic heterocycles. The summed E-state index contributed by atoms with van der Waals surface area (Å²) in [5.41, 5.74) is 4.09. The van der Waals surface area contributed by atoms with Gasteiger partial charge in [-0.1, -0.05) is 36.8 Å². The van der Waals surface area contributed by atoms with Crippen LogP contribution in [0, 0.1) is 20.8 Å². The molecule has 0 aliphatic heterocycles. The molecule has 0 radical (unpaired) electrons. The van der Waals surface area contributed by atoms with Crippen molar-refractivity contribution in [2.45, 2.75) is 40.2 Å². The Balaban J connectivity index is 2.35. The van der Waals surface area contributed by atoms with Gasteiger partial charge in [-0.2, -0.15) is 0 Å². The zero-order chi connectivity index (χ0) is 13.8. The topological polar surface area (TPSA) is 12.0 Å². The van der Waals surface area contributed by atoms with Crippen LogP contribution in [0.15, 0.2) is 30.3 Å². The number of aryl methyl sites for hydroxylation is 3. The van der Waals surface area contributed by atoms with E-state index in [1.807, 2.05) is 11.3 Å². The first-order valence-corrected chi connectivity index (χ1v) is 7.80. The lowest BCUT2D eigenvalue weighted by atomic mass is 10.0. The molecular formula is C17H23NS. The number of benzene rings is 1. The van der Waals surface area contributed by atoms with Crippen molar-refractivity contribution in [3.63, 3.8) is 0 Å². The van der Waals surface area contributed by atoms with Gasteiger partial charge in [0.25, 0.3) is 0 Å². The first kappa shape index (κ1) is 14.3. The predicted molar refractivity (Wildman–Crippen MR) is 85.1 cm³/mol. The van der Waals surface area contributed by atoms with Crippen molar-refractivity contribution >= 4 is 11.3 Å². The molecule has 2 rings (SSSR count). The maximum Gasteiger partial charge on any atom is 0.0671 e. The molecule has 1 atom stereocenters. The van der Waals surface area contributed by atoms with Gasteiger partial charge >= 0.3 is 0 Å². The minimum Gasteiger partial charge on any atom is -0.306 e. The van der Waals surface area contributed by atoms with Crippen LogP contribution in [0.2, 0.25) is 0 Å². The normalized spacial score (nSPS) is 12.6. The Labute approximate surface area is 120 Å². The molecule has 0 fully saturated rings. The number of rotatable bonds is 5. The van der Waals surface area contributed by atoms with Crippen molar-refractivity contribution in [3.8, 4) is 0 Å². The van der Waals surface area contributed by atoms with E-state index in [-0.39, 0.29) is 0 Å². The van der Waals surface area contributed by atoms with Gasteiger partial charge in [0, 0.05) is 9.75 Å². The van der Waals surface area contributed by atoms with Crippen LogP contribution in [0.5, 0.6) is 0 Å². The molecule has 0 bridgehead atoms. The quantitative estimate of drug-likeness (QED) is 0.828. The van der Waals surface area contributed by atoms with E-state index in [4.69, 9.17) is 0 Å². The maximum atomic E-state index is 3.68. The number of hydrogen-bond acceptors (Lipinski definition) is 2. The van der Waals surface area contributed by atoms with Gasteiger partial charge in [0.2, 0.25) is 0 Å². The molecule has 2 aromatic rings. The van der Waals surface area contributed by atoms with Gasteiger partial charge in [0.15, 0.2) is 0 Å². The van der Waals surface area contributed by atoms with Crippen LogP contribution in [0.1, 0.15) is 45.8 Å². The third kappa shape index (κ3) is 3.46. The Kier molecular flexibility index (Phi) is 4.78. The summed E-state index contributed by atoms with van der Waals surface area (Å²) in [6.07, 6.45) is 1.16. The van der Waals surface area contributed by atoms with Gasteiger partial charge in [-0.05, 0) is 50.9 Å². The number of thiophene rings is 1. The Hall–Kier alpha value is -1.12. The summed E-state index contributed by atoms with van der Waals surface area (Å²) in [7, 11) is 0. The largest absolute Gasteiger partial charge is 0.306 e. The molecule has 1 heterocycles. The third-order valence-corrected chi connectivity index (χ3v) is 4.66.